The van der Waals surface area contributed by atoms with Crippen molar-refractivity contribution in [2.45, 2.75) is 4.90 Å². The molecular formula is C24H19NO2S. The number of nitrogens with zero attached hydrogens (tertiary/aromatic N) is 1. The van der Waals surface area contributed by atoms with Crippen LogP contribution in [-0.2, 0) is 11.1 Å². The first-order valence-corrected chi connectivity index (χ1v) is 10.0. The molecule has 0 aliphatic carbocycles. The Labute approximate surface area is 167 Å². The number of hydrogen-bond acceptors (Lipinski definition) is 2. The van der Waals surface area contributed by atoms with Gasteiger partial charge >= 0.3 is 0 Å². The van der Waals surface area contributed by atoms with E-state index in [1.807, 2.05) is 54.6 Å². The van der Waals surface area contributed by atoms with Gasteiger partial charge in [0.1, 0.15) is 0 Å². The van der Waals surface area contributed by atoms with Gasteiger partial charge in [-0.2, -0.15) is 0 Å². The topological polar surface area (TPSA) is 40.5 Å². The second kappa shape index (κ2) is 8.21. The zero-order valence-electron chi connectivity index (χ0n) is 15.1. The van der Waals surface area contributed by atoms with Crippen molar-refractivity contribution in [3.63, 3.8) is 0 Å². The Morgan fingerprint density at radius 3 is 1.64 bits per heavy atom. The summed E-state index contributed by atoms with van der Waals surface area (Å²) in [5, 5.41) is 0. The van der Waals surface area contributed by atoms with E-state index >= 15 is 0 Å². The average Bonchev–Trinajstić information content (AvgIpc) is 2.76. The van der Waals surface area contributed by atoms with E-state index in [1.54, 1.807) is 18.2 Å². The van der Waals surface area contributed by atoms with Crippen molar-refractivity contribution in [2.75, 3.05) is 4.90 Å². The molecule has 0 fully saturated rings. The van der Waals surface area contributed by atoms with Crippen LogP contribution in [0.1, 0.15) is 0 Å². The minimum Gasteiger partial charge on any atom is -0.311 e. The molecule has 3 nitrogen and oxygen atoms in total. The lowest BCUT2D eigenvalue weighted by Crippen LogP contribution is -2.09. The van der Waals surface area contributed by atoms with Crippen molar-refractivity contribution in [2.24, 2.45) is 0 Å². The molecular weight excluding hydrogens is 366 g/mol. The highest BCUT2D eigenvalue weighted by atomic mass is 32.2. The summed E-state index contributed by atoms with van der Waals surface area (Å²) in [6, 6.07) is 35.8. The molecule has 1 unspecified atom stereocenters. The summed E-state index contributed by atoms with van der Waals surface area (Å²) in [5.74, 6) is 0. The van der Waals surface area contributed by atoms with Gasteiger partial charge in [0.25, 0.3) is 0 Å². The van der Waals surface area contributed by atoms with Gasteiger partial charge in [-0.1, -0.05) is 60.7 Å². The third kappa shape index (κ3) is 3.88. The van der Waals surface area contributed by atoms with Crippen LogP contribution >= 0.6 is 0 Å². The number of hydrogen-bond donors (Lipinski definition) is 1. The second-order valence-electron chi connectivity index (χ2n) is 6.33. The Hall–Kier alpha value is -3.21. The van der Waals surface area contributed by atoms with Gasteiger partial charge in [0.05, 0.1) is 4.90 Å². The van der Waals surface area contributed by atoms with Gasteiger partial charge in [-0.25, -0.2) is 4.21 Å². The predicted octanol–water partition coefficient (Wildman–Crippen LogP) is 6.40. The van der Waals surface area contributed by atoms with Gasteiger partial charge in [0.15, 0.2) is 11.1 Å². The van der Waals surface area contributed by atoms with Crippen molar-refractivity contribution in [1.82, 2.24) is 0 Å². The lowest BCUT2D eigenvalue weighted by atomic mass is 10.0. The summed E-state index contributed by atoms with van der Waals surface area (Å²) in [6.07, 6.45) is 0. The van der Waals surface area contributed by atoms with Crippen molar-refractivity contribution < 1.29 is 8.76 Å². The summed E-state index contributed by atoms with van der Waals surface area (Å²) in [5.41, 5.74) is 5.12. The fourth-order valence-electron chi connectivity index (χ4n) is 3.19. The van der Waals surface area contributed by atoms with Crippen LogP contribution in [0, 0.1) is 0 Å². The molecule has 4 heteroatoms. The molecule has 0 aromatic heterocycles. The number of rotatable bonds is 5. The molecule has 4 aromatic rings. The van der Waals surface area contributed by atoms with E-state index in [1.165, 1.54) is 0 Å². The second-order valence-corrected chi connectivity index (χ2v) is 7.30. The summed E-state index contributed by atoms with van der Waals surface area (Å²) in [7, 11) is 0. The number of anilines is 3. The van der Waals surface area contributed by atoms with Gasteiger partial charge in [-0.05, 0) is 59.7 Å². The predicted molar refractivity (Wildman–Crippen MR) is 116 cm³/mol. The molecule has 1 N–H and O–H groups in total. The standard InChI is InChI=1S/C24H19NO2S/c26-28(27)24-13-7-8-20(18-24)19-14-16-23(17-15-19)25(21-9-3-1-4-10-21)22-11-5-2-6-12-22/h1-18H,(H,26,27). The molecule has 0 amide bonds. The van der Waals surface area contributed by atoms with Crippen molar-refractivity contribution in [3.05, 3.63) is 109 Å². The molecule has 0 saturated heterocycles. The highest BCUT2D eigenvalue weighted by Crippen LogP contribution is 2.35. The summed E-state index contributed by atoms with van der Waals surface area (Å²) in [4.78, 5) is 2.60. The van der Waals surface area contributed by atoms with Crippen LogP contribution in [0.15, 0.2) is 114 Å². The van der Waals surface area contributed by atoms with Crippen molar-refractivity contribution in [3.8, 4) is 11.1 Å². The van der Waals surface area contributed by atoms with E-state index in [4.69, 9.17) is 0 Å². The fraction of sp³-hybridized carbons (Fsp3) is 0. The van der Waals surface area contributed by atoms with Gasteiger partial charge in [0.2, 0.25) is 0 Å². The SMILES string of the molecule is O=S(O)c1cccc(-c2ccc(N(c3ccccc3)c3ccccc3)cc2)c1. The van der Waals surface area contributed by atoms with Gasteiger partial charge in [-0.15, -0.1) is 0 Å². The van der Waals surface area contributed by atoms with Crippen LogP contribution in [0.2, 0.25) is 0 Å². The average molecular weight is 385 g/mol. The van der Waals surface area contributed by atoms with Crippen LogP contribution < -0.4 is 4.90 Å². The normalized spacial score (nSPS) is 11.8. The number of benzene rings is 4. The van der Waals surface area contributed by atoms with Crippen LogP contribution in [0.3, 0.4) is 0 Å². The molecule has 28 heavy (non-hydrogen) atoms. The maximum Gasteiger partial charge on any atom is 0.186 e. The highest BCUT2D eigenvalue weighted by molar-refractivity contribution is 7.79. The molecule has 0 aliphatic rings. The Balaban J connectivity index is 1.73. The Kier molecular flexibility index (Phi) is 5.33. The maximum absolute atomic E-state index is 11.3. The van der Waals surface area contributed by atoms with Crippen LogP contribution in [0.5, 0.6) is 0 Å². The molecule has 4 rings (SSSR count). The minimum absolute atomic E-state index is 0.400. The summed E-state index contributed by atoms with van der Waals surface area (Å²) in [6.45, 7) is 0. The van der Waals surface area contributed by atoms with E-state index in [2.05, 4.69) is 41.3 Å². The lowest BCUT2D eigenvalue weighted by Gasteiger charge is -2.25. The molecule has 0 bridgehead atoms. The maximum atomic E-state index is 11.3. The Bertz CT molecular complexity index is 1040. The fourth-order valence-corrected chi connectivity index (χ4v) is 3.61. The Morgan fingerprint density at radius 2 is 1.11 bits per heavy atom. The number of para-hydroxylation sites is 2. The quantitative estimate of drug-likeness (QED) is 0.404. The van der Waals surface area contributed by atoms with Gasteiger partial charge in [0, 0.05) is 17.1 Å². The molecule has 1 atom stereocenters. The molecule has 4 aromatic carbocycles. The van der Waals surface area contributed by atoms with E-state index in [9.17, 15) is 8.76 Å². The third-order valence-electron chi connectivity index (χ3n) is 4.52. The summed E-state index contributed by atoms with van der Waals surface area (Å²) < 4.78 is 20.7. The molecule has 138 valence electrons. The largest absolute Gasteiger partial charge is 0.311 e. The van der Waals surface area contributed by atoms with E-state index in [-0.39, 0.29) is 0 Å². The van der Waals surface area contributed by atoms with E-state index < -0.39 is 11.1 Å². The molecule has 0 heterocycles. The van der Waals surface area contributed by atoms with Crippen molar-refractivity contribution in [1.29, 1.82) is 0 Å². The van der Waals surface area contributed by atoms with Crippen LogP contribution in [0.4, 0.5) is 17.1 Å². The zero-order chi connectivity index (χ0) is 19.3. The zero-order valence-corrected chi connectivity index (χ0v) is 15.9. The lowest BCUT2D eigenvalue weighted by molar-refractivity contribution is 0.564. The third-order valence-corrected chi connectivity index (χ3v) is 5.18. The van der Waals surface area contributed by atoms with E-state index in [0.717, 1.165) is 28.2 Å². The van der Waals surface area contributed by atoms with Crippen molar-refractivity contribution >= 4 is 28.1 Å². The van der Waals surface area contributed by atoms with Gasteiger partial charge in [-0.3, -0.25) is 0 Å². The first-order chi connectivity index (χ1) is 13.7. The first kappa shape index (κ1) is 18.2. The first-order valence-electron chi connectivity index (χ1n) is 8.94. The smallest absolute Gasteiger partial charge is 0.186 e. The molecule has 0 saturated carbocycles. The molecule has 0 spiro atoms. The Morgan fingerprint density at radius 1 is 0.571 bits per heavy atom. The molecule has 0 aliphatic heterocycles. The monoisotopic (exact) mass is 385 g/mol. The van der Waals surface area contributed by atoms with E-state index in [0.29, 0.717) is 4.90 Å². The van der Waals surface area contributed by atoms with Gasteiger partial charge < -0.3 is 9.45 Å². The molecule has 0 radical (unpaired) electrons. The van der Waals surface area contributed by atoms with Crippen LogP contribution in [0.25, 0.3) is 11.1 Å². The summed E-state index contributed by atoms with van der Waals surface area (Å²) >= 11 is -1.98. The minimum atomic E-state index is -1.98. The van der Waals surface area contributed by atoms with Crippen LogP contribution in [-0.4, -0.2) is 8.76 Å². The highest BCUT2D eigenvalue weighted by Gasteiger charge is 2.12.